The Morgan fingerprint density at radius 1 is 1.08 bits per heavy atom. The smallest absolute Gasteiger partial charge is 0.251 e. The van der Waals surface area contributed by atoms with Crippen molar-refractivity contribution in [2.45, 2.75) is 32.6 Å². The molecule has 0 bridgehead atoms. The van der Waals surface area contributed by atoms with Crippen LogP contribution in [0.15, 0.2) is 53.5 Å². The molecule has 2 aromatic heterocycles. The molecule has 1 aromatic carbocycles. The number of nitrogens with one attached hydrogen (secondary N) is 1. The van der Waals surface area contributed by atoms with E-state index >= 15 is 0 Å². The number of para-hydroxylation sites is 1. The Balaban J connectivity index is 0.000000258. The predicted octanol–water partition coefficient (Wildman–Crippen LogP) is 4.27. The highest BCUT2D eigenvalue weighted by Crippen LogP contribution is 2.23. The van der Waals surface area contributed by atoms with E-state index in [9.17, 15) is 4.79 Å². The molecule has 0 atom stereocenters. The third-order valence-corrected chi connectivity index (χ3v) is 4.52. The van der Waals surface area contributed by atoms with Gasteiger partial charge in [0, 0.05) is 30.4 Å². The predicted molar refractivity (Wildman–Crippen MR) is 102 cm³/mol. The van der Waals surface area contributed by atoms with E-state index < -0.39 is 0 Å². The van der Waals surface area contributed by atoms with E-state index in [1.807, 2.05) is 30.3 Å². The second kappa shape index (κ2) is 7.92. The Morgan fingerprint density at radius 3 is 2.44 bits per heavy atom. The van der Waals surface area contributed by atoms with Crippen LogP contribution in [0.4, 0.5) is 11.6 Å². The van der Waals surface area contributed by atoms with Crippen LogP contribution < -0.4 is 10.9 Å². The van der Waals surface area contributed by atoms with Crippen LogP contribution in [0.5, 0.6) is 0 Å². The molecular weight excluding hydrogens is 312 g/mol. The van der Waals surface area contributed by atoms with Crippen molar-refractivity contribution in [1.82, 2.24) is 14.5 Å². The molecule has 25 heavy (non-hydrogen) atoms. The lowest BCUT2D eigenvalue weighted by Gasteiger charge is -2.07. The summed E-state index contributed by atoms with van der Waals surface area (Å²) in [5.74, 6) is 1.52. The zero-order valence-electron chi connectivity index (χ0n) is 14.8. The number of benzene rings is 1. The fraction of sp³-hybridized carbons (Fsp3) is 0.350. The number of rotatable bonds is 2. The zero-order chi connectivity index (χ0) is 17.6. The van der Waals surface area contributed by atoms with Crippen molar-refractivity contribution in [3.8, 4) is 0 Å². The van der Waals surface area contributed by atoms with Crippen molar-refractivity contribution < 1.29 is 0 Å². The molecule has 5 nitrogen and oxygen atoms in total. The molecular formula is C20H24N4O. The highest BCUT2D eigenvalue weighted by Gasteiger charge is 2.07. The Bertz CT molecular complexity index is 883. The maximum Gasteiger partial charge on any atom is 0.251 e. The summed E-state index contributed by atoms with van der Waals surface area (Å²) in [4.78, 5) is 20.2. The number of aryl methyl sites for hydroxylation is 1. The molecule has 1 fully saturated rings. The summed E-state index contributed by atoms with van der Waals surface area (Å²) in [7, 11) is 1.70. The van der Waals surface area contributed by atoms with Crippen molar-refractivity contribution in [1.29, 1.82) is 0 Å². The first-order valence-corrected chi connectivity index (χ1v) is 8.78. The molecule has 130 valence electrons. The fourth-order valence-electron chi connectivity index (χ4n) is 2.99. The zero-order valence-corrected chi connectivity index (χ0v) is 14.8. The lowest BCUT2D eigenvalue weighted by atomic mass is 10.2. The molecule has 1 aliphatic carbocycles. The van der Waals surface area contributed by atoms with Crippen LogP contribution in [0.1, 0.15) is 32.6 Å². The van der Waals surface area contributed by atoms with Gasteiger partial charge < -0.3 is 5.32 Å². The highest BCUT2D eigenvalue weighted by atomic mass is 16.1. The van der Waals surface area contributed by atoms with E-state index in [0.717, 1.165) is 17.0 Å². The molecule has 0 aliphatic heterocycles. The molecule has 1 N–H and O–H groups in total. The topological polar surface area (TPSA) is 59.8 Å². The first-order valence-electron chi connectivity index (χ1n) is 8.78. The summed E-state index contributed by atoms with van der Waals surface area (Å²) in [5.41, 5.74) is 1.43. The summed E-state index contributed by atoms with van der Waals surface area (Å²) in [6.07, 6.45) is 7.65. The van der Waals surface area contributed by atoms with Gasteiger partial charge in [0.15, 0.2) is 0 Å². The molecule has 1 aliphatic rings. The van der Waals surface area contributed by atoms with Crippen LogP contribution in [0.25, 0.3) is 11.0 Å². The van der Waals surface area contributed by atoms with E-state index in [1.165, 1.54) is 36.3 Å². The quantitative estimate of drug-likeness (QED) is 0.759. The van der Waals surface area contributed by atoms with Crippen molar-refractivity contribution >= 4 is 22.7 Å². The molecule has 2 heterocycles. The Kier molecular flexibility index (Phi) is 5.43. The van der Waals surface area contributed by atoms with Gasteiger partial charge in [0.05, 0.1) is 0 Å². The van der Waals surface area contributed by atoms with Gasteiger partial charge in [-0.2, -0.15) is 4.98 Å². The molecule has 0 unspecified atom stereocenters. The Morgan fingerprint density at radius 2 is 1.80 bits per heavy atom. The average Bonchev–Trinajstić information content (AvgIpc) is 3.11. The van der Waals surface area contributed by atoms with Crippen LogP contribution >= 0.6 is 0 Å². The van der Waals surface area contributed by atoms with Gasteiger partial charge in [-0.15, -0.1) is 0 Å². The lowest BCUT2D eigenvalue weighted by Crippen LogP contribution is -2.16. The van der Waals surface area contributed by atoms with Crippen molar-refractivity contribution in [2.24, 2.45) is 13.0 Å². The molecule has 0 spiro atoms. The van der Waals surface area contributed by atoms with E-state index in [4.69, 9.17) is 0 Å². The summed E-state index contributed by atoms with van der Waals surface area (Å²) in [5, 5.41) is 3.94. The minimum atomic E-state index is -0.0862. The number of pyridine rings is 1. The van der Waals surface area contributed by atoms with Gasteiger partial charge in [-0.1, -0.05) is 50.8 Å². The number of nitrogens with zero attached hydrogens (tertiary/aromatic N) is 3. The van der Waals surface area contributed by atoms with Crippen LogP contribution in [0, 0.1) is 5.92 Å². The second-order valence-corrected chi connectivity index (χ2v) is 6.58. The standard InChI is InChI=1S/C14H12N4O.C6H12/c1-18-12(19)8-7-10-9-15-14(17-13(10)18)16-11-5-3-2-4-6-11;1-6-4-2-3-5-6/h2-9H,1H3,(H,15,16,17);6H,2-5H2,1H3. The van der Waals surface area contributed by atoms with Crippen molar-refractivity contribution in [2.75, 3.05) is 5.32 Å². The largest absolute Gasteiger partial charge is 0.324 e. The minimum absolute atomic E-state index is 0.0862. The van der Waals surface area contributed by atoms with Gasteiger partial charge in [0.1, 0.15) is 5.65 Å². The number of hydrogen-bond donors (Lipinski definition) is 1. The third kappa shape index (κ3) is 4.44. The molecule has 1 saturated carbocycles. The first kappa shape index (κ1) is 17.1. The van der Waals surface area contributed by atoms with Gasteiger partial charge >= 0.3 is 0 Å². The lowest BCUT2D eigenvalue weighted by molar-refractivity contribution is 0.612. The summed E-state index contributed by atoms with van der Waals surface area (Å²) in [6.45, 7) is 2.34. The van der Waals surface area contributed by atoms with Gasteiger partial charge in [0.25, 0.3) is 5.56 Å². The van der Waals surface area contributed by atoms with Crippen molar-refractivity contribution in [3.63, 3.8) is 0 Å². The Hall–Kier alpha value is -2.69. The van der Waals surface area contributed by atoms with Crippen LogP contribution in [-0.2, 0) is 7.05 Å². The van der Waals surface area contributed by atoms with Gasteiger partial charge in [-0.3, -0.25) is 9.36 Å². The number of fused-ring (bicyclic) bond motifs is 1. The monoisotopic (exact) mass is 336 g/mol. The van der Waals surface area contributed by atoms with Crippen LogP contribution in [0.3, 0.4) is 0 Å². The summed E-state index contributed by atoms with van der Waals surface area (Å²) < 4.78 is 1.51. The normalized spacial score (nSPS) is 14.2. The highest BCUT2D eigenvalue weighted by molar-refractivity contribution is 5.75. The third-order valence-electron chi connectivity index (χ3n) is 4.52. The molecule has 3 aromatic rings. The molecule has 5 heteroatoms. The first-order chi connectivity index (χ1) is 12.1. The Labute approximate surface area is 147 Å². The SMILES string of the molecule is CC1CCCC1.Cn1c(=O)ccc2cnc(Nc3ccccc3)nc21. The van der Waals surface area contributed by atoms with Gasteiger partial charge in [-0.25, -0.2) is 4.98 Å². The number of aromatic nitrogens is 3. The average molecular weight is 336 g/mol. The van der Waals surface area contributed by atoms with E-state index in [-0.39, 0.29) is 5.56 Å². The van der Waals surface area contributed by atoms with E-state index in [1.54, 1.807) is 19.3 Å². The number of anilines is 2. The van der Waals surface area contributed by atoms with E-state index in [0.29, 0.717) is 11.6 Å². The second-order valence-electron chi connectivity index (χ2n) is 6.58. The maximum absolute atomic E-state index is 11.6. The van der Waals surface area contributed by atoms with Crippen LogP contribution in [-0.4, -0.2) is 14.5 Å². The van der Waals surface area contributed by atoms with Gasteiger partial charge in [-0.05, 0) is 24.1 Å². The fourth-order valence-corrected chi connectivity index (χ4v) is 2.99. The summed E-state index contributed by atoms with van der Waals surface area (Å²) in [6, 6.07) is 12.9. The van der Waals surface area contributed by atoms with E-state index in [2.05, 4.69) is 22.2 Å². The van der Waals surface area contributed by atoms with Crippen molar-refractivity contribution in [3.05, 3.63) is 59.0 Å². The van der Waals surface area contributed by atoms with Gasteiger partial charge in [0.2, 0.25) is 5.95 Å². The maximum atomic E-state index is 11.6. The molecule has 4 rings (SSSR count). The number of hydrogen-bond acceptors (Lipinski definition) is 4. The summed E-state index contributed by atoms with van der Waals surface area (Å²) >= 11 is 0. The molecule has 0 radical (unpaired) electrons. The van der Waals surface area contributed by atoms with Crippen LogP contribution in [0.2, 0.25) is 0 Å². The molecule has 0 saturated heterocycles. The minimum Gasteiger partial charge on any atom is -0.324 e. The molecule has 0 amide bonds.